The van der Waals surface area contributed by atoms with Gasteiger partial charge < -0.3 is 10.1 Å². The second-order valence-electron chi connectivity index (χ2n) is 4.86. The number of anilines is 1. The van der Waals surface area contributed by atoms with Crippen LogP contribution in [0.5, 0.6) is 5.75 Å². The number of hydrogen-bond acceptors (Lipinski definition) is 4. The Morgan fingerprint density at radius 2 is 1.54 bits per heavy atom. The number of ether oxygens (including phenoxy) is 1. The average molecular weight is 327 g/mol. The molecule has 0 spiro atoms. The molecule has 3 N–H and O–H groups in total. The zero-order chi connectivity index (χ0) is 17.5. The van der Waals surface area contributed by atoms with Gasteiger partial charge in [0.1, 0.15) is 5.75 Å². The van der Waals surface area contributed by atoms with Crippen molar-refractivity contribution in [3.8, 4) is 5.75 Å². The number of hydrazine groups is 1. The van der Waals surface area contributed by atoms with Crippen LogP contribution in [-0.2, 0) is 4.79 Å². The third-order valence-electron chi connectivity index (χ3n) is 3.12. The summed E-state index contributed by atoms with van der Waals surface area (Å²) in [7, 11) is 1.54. The number of carbonyl (C=O) groups is 3. The first-order valence-electron chi connectivity index (χ1n) is 7.12. The molecule has 0 aliphatic rings. The van der Waals surface area contributed by atoms with Crippen molar-refractivity contribution in [2.45, 2.75) is 6.92 Å². The fraction of sp³-hybridized carbons (Fsp3) is 0.118. The van der Waals surface area contributed by atoms with Gasteiger partial charge in [-0.1, -0.05) is 12.1 Å². The first-order valence-corrected chi connectivity index (χ1v) is 7.12. The summed E-state index contributed by atoms with van der Waals surface area (Å²) in [6.45, 7) is 1.28. The van der Waals surface area contributed by atoms with Crippen LogP contribution in [0.1, 0.15) is 27.6 Å². The van der Waals surface area contributed by atoms with Gasteiger partial charge >= 0.3 is 0 Å². The van der Waals surface area contributed by atoms with Crippen molar-refractivity contribution in [2.75, 3.05) is 12.4 Å². The highest BCUT2D eigenvalue weighted by atomic mass is 16.5. The van der Waals surface area contributed by atoms with E-state index in [-0.39, 0.29) is 11.5 Å². The molecule has 0 saturated carbocycles. The first-order chi connectivity index (χ1) is 11.5. The standard InChI is InChI=1S/C17H17N3O4/c1-11(21)19-20-17(23)14-5-3-4-6-15(14)18-16(22)12-7-9-13(24-2)10-8-12/h3-10H,1-2H3,(H,18,22)(H,19,21)(H,20,23). The number of nitrogens with one attached hydrogen (secondary N) is 3. The Labute approximate surface area is 139 Å². The number of methoxy groups -OCH3 is 1. The van der Waals surface area contributed by atoms with E-state index < -0.39 is 11.8 Å². The van der Waals surface area contributed by atoms with E-state index in [0.29, 0.717) is 17.0 Å². The summed E-state index contributed by atoms with van der Waals surface area (Å²) in [5, 5.41) is 2.68. The number of para-hydroxylation sites is 1. The Morgan fingerprint density at radius 1 is 0.875 bits per heavy atom. The topological polar surface area (TPSA) is 96.5 Å². The second kappa shape index (κ2) is 7.77. The van der Waals surface area contributed by atoms with Crippen LogP contribution in [0.3, 0.4) is 0 Å². The van der Waals surface area contributed by atoms with Crippen molar-refractivity contribution in [3.63, 3.8) is 0 Å². The van der Waals surface area contributed by atoms with Crippen LogP contribution in [0.15, 0.2) is 48.5 Å². The number of benzene rings is 2. The predicted molar refractivity (Wildman–Crippen MR) is 88.7 cm³/mol. The summed E-state index contributed by atoms with van der Waals surface area (Å²) >= 11 is 0. The van der Waals surface area contributed by atoms with Crippen molar-refractivity contribution in [1.82, 2.24) is 10.9 Å². The van der Waals surface area contributed by atoms with Gasteiger partial charge in [-0.25, -0.2) is 0 Å². The van der Waals surface area contributed by atoms with Gasteiger partial charge in [0.2, 0.25) is 5.91 Å². The van der Waals surface area contributed by atoms with Gasteiger partial charge in [-0.05, 0) is 36.4 Å². The largest absolute Gasteiger partial charge is 0.497 e. The van der Waals surface area contributed by atoms with E-state index in [9.17, 15) is 14.4 Å². The van der Waals surface area contributed by atoms with Crippen molar-refractivity contribution in [3.05, 3.63) is 59.7 Å². The normalized spacial score (nSPS) is 9.75. The van der Waals surface area contributed by atoms with Crippen molar-refractivity contribution in [1.29, 1.82) is 0 Å². The molecule has 7 nitrogen and oxygen atoms in total. The summed E-state index contributed by atoms with van der Waals surface area (Å²) in [4.78, 5) is 35.3. The van der Waals surface area contributed by atoms with Crippen LogP contribution >= 0.6 is 0 Å². The molecule has 0 unspecified atom stereocenters. The van der Waals surface area contributed by atoms with Crippen molar-refractivity contribution < 1.29 is 19.1 Å². The fourth-order valence-corrected chi connectivity index (χ4v) is 1.94. The average Bonchev–Trinajstić information content (AvgIpc) is 2.60. The summed E-state index contributed by atoms with van der Waals surface area (Å²) in [6.07, 6.45) is 0. The van der Waals surface area contributed by atoms with E-state index in [1.165, 1.54) is 6.92 Å². The van der Waals surface area contributed by atoms with Gasteiger partial charge in [0.15, 0.2) is 0 Å². The summed E-state index contributed by atoms with van der Waals surface area (Å²) in [6, 6.07) is 13.1. The monoisotopic (exact) mass is 327 g/mol. The molecule has 0 fully saturated rings. The highest BCUT2D eigenvalue weighted by Crippen LogP contribution is 2.17. The molecule has 24 heavy (non-hydrogen) atoms. The molecule has 2 aromatic carbocycles. The van der Waals surface area contributed by atoms with Crippen LogP contribution in [0, 0.1) is 0 Å². The van der Waals surface area contributed by atoms with Gasteiger partial charge in [0.25, 0.3) is 11.8 Å². The van der Waals surface area contributed by atoms with Crippen LogP contribution < -0.4 is 20.9 Å². The Hall–Kier alpha value is -3.35. The van der Waals surface area contributed by atoms with E-state index in [0.717, 1.165) is 0 Å². The zero-order valence-corrected chi connectivity index (χ0v) is 13.3. The van der Waals surface area contributed by atoms with Crippen LogP contribution in [0.2, 0.25) is 0 Å². The van der Waals surface area contributed by atoms with Crippen molar-refractivity contribution >= 4 is 23.4 Å². The summed E-state index contributed by atoms with van der Waals surface area (Å²) in [5.74, 6) is -0.655. The summed E-state index contributed by atoms with van der Waals surface area (Å²) < 4.78 is 5.04. The first kappa shape index (κ1) is 17.0. The molecule has 7 heteroatoms. The summed E-state index contributed by atoms with van der Waals surface area (Å²) in [5.41, 5.74) is 5.45. The molecule has 0 aliphatic carbocycles. The molecule has 0 saturated heterocycles. The smallest absolute Gasteiger partial charge is 0.271 e. The molecule has 2 aromatic rings. The van der Waals surface area contributed by atoms with E-state index in [1.54, 1.807) is 55.6 Å². The van der Waals surface area contributed by atoms with Crippen LogP contribution in [0.4, 0.5) is 5.69 Å². The Kier molecular flexibility index (Phi) is 5.51. The lowest BCUT2D eigenvalue weighted by atomic mass is 10.1. The number of rotatable bonds is 4. The minimum atomic E-state index is -0.532. The maximum atomic E-state index is 12.3. The highest BCUT2D eigenvalue weighted by Gasteiger charge is 2.14. The second-order valence-corrected chi connectivity index (χ2v) is 4.86. The molecular formula is C17H17N3O4. The van der Waals surface area contributed by atoms with Gasteiger partial charge in [0.05, 0.1) is 18.4 Å². The van der Waals surface area contributed by atoms with E-state index in [1.807, 2.05) is 0 Å². The van der Waals surface area contributed by atoms with Gasteiger partial charge in [-0.15, -0.1) is 0 Å². The molecule has 0 atom stereocenters. The predicted octanol–water partition coefficient (Wildman–Crippen LogP) is 1.73. The molecule has 3 amide bonds. The minimum Gasteiger partial charge on any atom is -0.497 e. The molecule has 2 rings (SSSR count). The lowest BCUT2D eigenvalue weighted by molar-refractivity contribution is -0.119. The van der Waals surface area contributed by atoms with Crippen LogP contribution in [-0.4, -0.2) is 24.8 Å². The van der Waals surface area contributed by atoms with Gasteiger partial charge in [0, 0.05) is 12.5 Å². The van der Waals surface area contributed by atoms with Gasteiger partial charge in [-0.2, -0.15) is 0 Å². The number of hydrogen-bond donors (Lipinski definition) is 3. The Bertz CT molecular complexity index is 757. The van der Waals surface area contributed by atoms with Crippen molar-refractivity contribution in [2.24, 2.45) is 0 Å². The molecule has 0 aliphatic heterocycles. The minimum absolute atomic E-state index is 0.230. The van der Waals surface area contributed by atoms with Gasteiger partial charge in [-0.3, -0.25) is 25.2 Å². The van der Waals surface area contributed by atoms with E-state index in [4.69, 9.17) is 4.74 Å². The molecule has 0 heterocycles. The molecule has 0 radical (unpaired) electrons. The lowest BCUT2D eigenvalue weighted by Gasteiger charge is -2.11. The third-order valence-corrected chi connectivity index (χ3v) is 3.12. The zero-order valence-electron chi connectivity index (χ0n) is 13.3. The number of amides is 3. The Balaban J connectivity index is 2.15. The Morgan fingerprint density at radius 3 is 2.17 bits per heavy atom. The molecule has 0 aromatic heterocycles. The fourth-order valence-electron chi connectivity index (χ4n) is 1.94. The highest BCUT2D eigenvalue weighted by molar-refractivity contribution is 6.09. The lowest BCUT2D eigenvalue weighted by Crippen LogP contribution is -2.40. The van der Waals surface area contributed by atoms with E-state index >= 15 is 0 Å². The third kappa shape index (κ3) is 4.33. The van der Waals surface area contributed by atoms with E-state index in [2.05, 4.69) is 16.2 Å². The molecular weight excluding hydrogens is 310 g/mol. The maximum Gasteiger partial charge on any atom is 0.271 e. The van der Waals surface area contributed by atoms with Crippen LogP contribution in [0.25, 0.3) is 0 Å². The molecule has 0 bridgehead atoms. The SMILES string of the molecule is COc1ccc(C(=O)Nc2ccccc2C(=O)NNC(C)=O)cc1. The number of carbonyl (C=O) groups excluding carboxylic acids is 3. The maximum absolute atomic E-state index is 12.3. The quantitative estimate of drug-likeness (QED) is 0.745. The molecule has 124 valence electrons.